The second-order valence-electron chi connectivity index (χ2n) is 6.04. The van der Waals surface area contributed by atoms with Gasteiger partial charge in [-0.25, -0.2) is 4.99 Å². The predicted octanol–water partition coefficient (Wildman–Crippen LogP) is 0.595. The number of carbonyl (C=O) groups is 2. The molecule has 5 N–H and O–H groups in total. The van der Waals surface area contributed by atoms with E-state index >= 15 is 0 Å². The SMILES string of the molecule is CCNC(=NCc1ccc(C(=O)NCC(N)=O)cc1)NCCc1ccccn1. The molecule has 0 saturated heterocycles. The number of benzene rings is 1. The number of rotatable bonds is 9. The average Bonchev–Trinajstić information content (AvgIpc) is 2.71. The summed E-state index contributed by atoms with van der Waals surface area (Å²) in [5, 5.41) is 8.95. The Morgan fingerprint density at radius 3 is 2.50 bits per heavy atom. The molecule has 28 heavy (non-hydrogen) atoms. The molecular weight excluding hydrogens is 356 g/mol. The Labute approximate surface area is 164 Å². The zero-order chi connectivity index (χ0) is 20.2. The summed E-state index contributed by atoms with van der Waals surface area (Å²) in [6.45, 7) is 3.79. The van der Waals surface area contributed by atoms with Gasteiger partial charge in [-0.1, -0.05) is 18.2 Å². The van der Waals surface area contributed by atoms with Crippen LogP contribution in [0.25, 0.3) is 0 Å². The van der Waals surface area contributed by atoms with Crippen molar-refractivity contribution in [2.24, 2.45) is 10.7 Å². The number of hydrogen-bond donors (Lipinski definition) is 4. The van der Waals surface area contributed by atoms with E-state index in [2.05, 4.69) is 25.9 Å². The van der Waals surface area contributed by atoms with Crippen LogP contribution in [0.2, 0.25) is 0 Å². The highest BCUT2D eigenvalue weighted by molar-refractivity contribution is 5.96. The Hall–Kier alpha value is -3.42. The fourth-order valence-electron chi connectivity index (χ4n) is 2.40. The second kappa shape index (κ2) is 11.3. The quantitative estimate of drug-likeness (QED) is 0.374. The third-order valence-corrected chi connectivity index (χ3v) is 3.80. The van der Waals surface area contributed by atoms with E-state index in [0.717, 1.165) is 36.7 Å². The summed E-state index contributed by atoms with van der Waals surface area (Å²) in [6.07, 6.45) is 2.59. The number of amides is 2. The van der Waals surface area contributed by atoms with E-state index in [9.17, 15) is 9.59 Å². The van der Waals surface area contributed by atoms with Crippen LogP contribution in [0.4, 0.5) is 0 Å². The summed E-state index contributed by atoms with van der Waals surface area (Å²) < 4.78 is 0. The van der Waals surface area contributed by atoms with Crippen molar-refractivity contribution < 1.29 is 9.59 Å². The van der Waals surface area contributed by atoms with Gasteiger partial charge in [0.05, 0.1) is 13.1 Å². The molecule has 0 aliphatic rings. The minimum atomic E-state index is -0.578. The molecule has 2 rings (SSSR count). The number of pyridine rings is 1. The first kappa shape index (κ1) is 20.9. The lowest BCUT2D eigenvalue weighted by Gasteiger charge is -2.11. The zero-order valence-electron chi connectivity index (χ0n) is 15.9. The van der Waals surface area contributed by atoms with Crippen molar-refractivity contribution in [2.45, 2.75) is 19.9 Å². The molecule has 0 fully saturated rings. The third-order valence-electron chi connectivity index (χ3n) is 3.80. The number of primary amides is 1. The predicted molar refractivity (Wildman–Crippen MR) is 109 cm³/mol. The highest BCUT2D eigenvalue weighted by atomic mass is 16.2. The standard InChI is InChI=1S/C20H26N6O2/c1-2-22-20(24-12-10-17-5-3-4-11-23-17)26-13-15-6-8-16(9-7-15)19(28)25-14-18(21)27/h3-9,11H,2,10,12-14H2,1H3,(H2,21,27)(H,25,28)(H2,22,24,26). The van der Waals surface area contributed by atoms with E-state index in [0.29, 0.717) is 12.1 Å². The monoisotopic (exact) mass is 382 g/mol. The number of nitrogens with two attached hydrogens (primary N) is 1. The normalized spacial score (nSPS) is 11.0. The number of hydrogen-bond acceptors (Lipinski definition) is 4. The molecule has 0 spiro atoms. The Morgan fingerprint density at radius 1 is 1.07 bits per heavy atom. The van der Waals surface area contributed by atoms with Crippen LogP contribution in [-0.4, -0.2) is 42.4 Å². The maximum atomic E-state index is 11.9. The number of carbonyl (C=O) groups excluding carboxylic acids is 2. The lowest BCUT2D eigenvalue weighted by atomic mass is 10.1. The summed E-state index contributed by atoms with van der Waals surface area (Å²) in [5.74, 6) is -0.189. The third kappa shape index (κ3) is 7.45. The molecule has 0 aliphatic carbocycles. The Kier molecular flexibility index (Phi) is 8.45. The molecule has 148 valence electrons. The Balaban J connectivity index is 1.87. The summed E-state index contributed by atoms with van der Waals surface area (Å²) in [4.78, 5) is 31.5. The van der Waals surface area contributed by atoms with Crippen molar-refractivity contribution in [1.82, 2.24) is 20.9 Å². The highest BCUT2D eigenvalue weighted by Gasteiger charge is 2.06. The maximum Gasteiger partial charge on any atom is 0.251 e. The molecule has 2 aromatic rings. The first-order valence-corrected chi connectivity index (χ1v) is 9.16. The van der Waals surface area contributed by atoms with Crippen molar-refractivity contribution in [2.75, 3.05) is 19.6 Å². The molecule has 0 aliphatic heterocycles. The van der Waals surface area contributed by atoms with E-state index in [1.54, 1.807) is 18.3 Å². The zero-order valence-corrected chi connectivity index (χ0v) is 15.9. The molecule has 1 heterocycles. The van der Waals surface area contributed by atoms with E-state index in [1.807, 2.05) is 37.3 Å². The van der Waals surface area contributed by atoms with Crippen LogP contribution in [0.1, 0.15) is 28.5 Å². The number of aromatic nitrogens is 1. The molecule has 0 saturated carbocycles. The fourth-order valence-corrected chi connectivity index (χ4v) is 2.40. The molecule has 8 nitrogen and oxygen atoms in total. The minimum Gasteiger partial charge on any atom is -0.368 e. The highest BCUT2D eigenvalue weighted by Crippen LogP contribution is 2.06. The topological polar surface area (TPSA) is 122 Å². The van der Waals surface area contributed by atoms with E-state index in [1.165, 1.54) is 0 Å². The van der Waals surface area contributed by atoms with Crippen molar-refractivity contribution in [1.29, 1.82) is 0 Å². The van der Waals surface area contributed by atoms with Gasteiger partial charge in [-0.3, -0.25) is 14.6 Å². The number of nitrogens with zero attached hydrogens (tertiary/aromatic N) is 2. The largest absolute Gasteiger partial charge is 0.368 e. The van der Waals surface area contributed by atoms with Crippen molar-refractivity contribution >= 4 is 17.8 Å². The minimum absolute atomic E-state index is 0.179. The van der Waals surface area contributed by atoms with E-state index in [4.69, 9.17) is 5.73 Å². The summed E-state index contributed by atoms with van der Waals surface area (Å²) in [5.41, 5.74) is 7.48. The number of aliphatic imine (C=N–C) groups is 1. The van der Waals surface area contributed by atoms with E-state index < -0.39 is 5.91 Å². The molecule has 0 unspecified atom stereocenters. The lowest BCUT2D eigenvalue weighted by molar-refractivity contribution is -0.117. The molecule has 1 aromatic heterocycles. The van der Waals surface area contributed by atoms with E-state index in [-0.39, 0.29) is 12.5 Å². The molecule has 8 heteroatoms. The molecular formula is C20H26N6O2. The van der Waals surface area contributed by atoms with Crippen LogP contribution in [-0.2, 0) is 17.8 Å². The second-order valence-corrected chi connectivity index (χ2v) is 6.04. The van der Waals surface area contributed by atoms with Gasteiger partial charge in [-0.15, -0.1) is 0 Å². The molecule has 0 atom stereocenters. The van der Waals surface area contributed by atoms with Gasteiger partial charge in [-0.05, 0) is 36.8 Å². The van der Waals surface area contributed by atoms with Crippen LogP contribution in [0.15, 0.2) is 53.7 Å². The Bertz CT molecular complexity index is 790. The first-order chi connectivity index (χ1) is 13.6. The van der Waals surface area contributed by atoms with Crippen LogP contribution < -0.4 is 21.7 Å². The van der Waals surface area contributed by atoms with Gasteiger partial charge in [0, 0.05) is 37.0 Å². The molecule has 2 amide bonds. The molecule has 0 radical (unpaired) electrons. The van der Waals surface area contributed by atoms with Crippen molar-refractivity contribution in [3.63, 3.8) is 0 Å². The Morgan fingerprint density at radius 2 is 1.86 bits per heavy atom. The molecule has 0 bridgehead atoms. The van der Waals surface area contributed by atoms with Gasteiger partial charge in [-0.2, -0.15) is 0 Å². The van der Waals surface area contributed by atoms with Gasteiger partial charge in [0.2, 0.25) is 5.91 Å². The van der Waals surface area contributed by atoms with Crippen LogP contribution >= 0.6 is 0 Å². The molecule has 1 aromatic carbocycles. The summed E-state index contributed by atoms with van der Waals surface area (Å²) in [6, 6.07) is 12.9. The van der Waals surface area contributed by atoms with Gasteiger partial charge in [0.15, 0.2) is 5.96 Å². The van der Waals surface area contributed by atoms with Gasteiger partial charge in [0.1, 0.15) is 0 Å². The lowest BCUT2D eigenvalue weighted by Crippen LogP contribution is -2.38. The van der Waals surface area contributed by atoms with Gasteiger partial charge in [0.25, 0.3) is 5.91 Å². The number of nitrogens with one attached hydrogen (secondary N) is 3. The first-order valence-electron chi connectivity index (χ1n) is 9.16. The summed E-state index contributed by atoms with van der Waals surface area (Å²) in [7, 11) is 0. The van der Waals surface area contributed by atoms with Crippen molar-refractivity contribution in [3.05, 3.63) is 65.5 Å². The van der Waals surface area contributed by atoms with Crippen molar-refractivity contribution in [3.8, 4) is 0 Å². The summed E-state index contributed by atoms with van der Waals surface area (Å²) >= 11 is 0. The van der Waals surface area contributed by atoms with Crippen LogP contribution in [0.3, 0.4) is 0 Å². The van der Waals surface area contributed by atoms with Gasteiger partial charge >= 0.3 is 0 Å². The van der Waals surface area contributed by atoms with Crippen LogP contribution in [0.5, 0.6) is 0 Å². The smallest absolute Gasteiger partial charge is 0.251 e. The fraction of sp³-hybridized carbons (Fsp3) is 0.300. The van der Waals surface area contributed by atoms with Gasteiger partial charge < -0.3 is 21.7 Å². The number of guanidine groups is 1. The average molecular weight is 382 g/mol. The maximum absolute atomic E-state index is 11.9. The van der Waals surface area contributed by atoms with Crippen LogP contribution in [0, 0.1) is 0 Å².